The lowest BCUT2D eigenvalue weighted by Crippen LogP contribution is -1.98. The predicted octanol–water partition coefficient (Wildman–Crippen LogP) is 11.9. The first-order chi connectivity index (χ1) is 21.8. The summed E-state index contributed by atoms with van der Waals surface area (Å²) in [5.41, 5.74) is 9.33. The summed E-state index contributed by atoms with van der Waals surface area (Å²) < 4.78 is 15.1. The van der Waals surface area contributed by atoms with Crippen LogP contribution in [0, 0.1) is 0 Å². The van der Waals surface area contributed by atoms with Gasteiger partial charge in [0.1, 0.15) is 11.5 Å². The molecular weight excluding hydrogens is 520 g/mol. The first kappa shape index (κ1) is 23.0. The van der Waals surface area contributed by atoms with E-state index in [1.165, 1.54) is 38.6 Å². The second-order valence-electron chi connectivity index (χ2n) is 11.1. The molecule has 8 aromatic rings. The fraction of sp³-hybridized carbons (Fsp3) is 0. The molecule has 0 N–H and O–H groups in total. The maximum absolute atomic E-state index is 8.71. The highest BCUT2D eigenvalue weighted by Gasteiger charge is 2.24. The van der Waals surface area contributed by atoms with Crippen molar-refractivity contribution in [3.8, 4) is 56.0 Å². The van der Waals surface area contributed by atoms with Crippen LogP contribution in [0.2, 0.25) is 0 Å². The number of benzene rings is 8. The van der Waals surface area contributed by atoms with E-state index in [0.29, 0.717) is 6.04 Å². The molecule has 0 unspecified atom stereocenters. The molecule has 0 fully saturated rings. The minimum absolute atomic E-state index is 0.499. The molecule has 8 aromatic carbocycles. The normalized spacial score (nSPS) is 12.2. The van der Waals surface area contributed by atoms with Crippen molar-refractivity contribution in [2.75, 3.05) is 0 Å². The average molecular weight is 548 g/mol. The number of fused-ring (bicyclic) bond motifs is 4. The van der Waals surface area contributed by atoms with E-state index in [1.807, 2.05) is 24.3 Å². The molecule has 0 saturated heterocycles. The third-order valence-corrected chi connectivity index (χ3v) is 8.82. The molecule has 0 spiro atoms. The number of hydrogen-bond donors (Lipinski definition) is 0. The maximum Gasteiger partial charge on any atom is 0.135 e. The zero-order valence-corrected chi connectivity index (χ0v) is 23.3. The molecule has 9 rings (SSSR count). The molecule has 0 amide bonds. The van der Waals surface area contributed by atoms with Gasteiger partial charge in [-0.1, -0.05) is 140 Å². The molecule has 0 aromatic heterocycles. The fourth-order valence-electron chi connectivity index (χ4n) is 7.01. The molecular formula is C42H26O. The molecule has 0 saturated carbocycles. The van der Waals surface area contributed by atoms with Gasteiger partial charge in [0.2, 0.25) is 0 Å². The molecule has 1 nitrogen and oxygen atoms in total. The Balaban J connectivity index is 1.41. The van der Waals surface area contributed by atoms with Crippen molar-refractivity contribution in [2.24, 2.45) is 0 Å². The Morgan fingerprint density at radius 3 is 1.74 bits per heavy atom. The Bertz CT molecular complexity index is 2420. The highest BCUT2D eigenvalue weighted by Crippen LogP contribution is 2.51. The third kappa shape index (κ3) is 3.58. The lowest BCUT2D eigenvalue weighted by atomic mass is 9.82. The van der Waals surface area contributed by atoms with Crippen molar-refractivity contribution >= 4 is 32.3 Å². The van der Waals surface area contributed by atoms with Crippen molar-refractivity contribution in [2.45, 2.75) is 0 Å². The summed E-state index contributed by atoms with van der Waals surface area (Å²) in [6.45, 7) is 0. The van der Waals surface area contributed by atoms with Crippen LogP contribution in [0.15, 0.2) is 158 Å². The summed E-state index contributed by atoms with van der Waals surface area (Å²) in [7, 11) is 0. The van der Waals surface area contributed by atoms with E-state index < -0.39 is 0 Å². The van der Waals surface area contributed by atoms with Crippen LogP contribution in [-0.2, 0) is 0 Å². The summed E-state index contributed by atoms with van der Waals surface area (Å²) in [4.78, 5) is 0. The van der Waals surface area contributed by atoms with Gasteiger partial charge in [0.25, 0.3) is 0 Å². The van der Waals surface area contributed by atoms with Crippen LogP contribution in [0.1, 0.15) is 1.37 Å². The van der Waals surface area contributed by atoms with E-state index in [9.17, 15) is 0 Å². The molecule has 43 heavy (non-hydrogen) atoms. The van der Waals surface area contributed by atoms with Crippen LogP contribution in [-0.4, -0.2) is 0 Å². The van der Waals surface area contributed by atoms with Gasteiger partial charge in [0, 0.05) is 10.9 Å². The second-order valence-corrected chi connectivity index (χ2v) is 11.1. The topological polar surface area (TPSA) is 9.23 Å². The number of ether oxygens (including phenoxy) is 1. The van der Waals surface area contributed by atoms with Crippen LogP contribution < -0.4 is 4.74 Å². The summed E-state index contributed by atoms with van der Waals surface area (Å²) in [5.74, 6) is 1.77. The molecule has 1 heterocycles. The SMILES string of the molecule is [2H]c1ccc2c(-c3ccc4c5c(cccc35)-c3ccccc3O4)c3ccccc3c(-c3ccccc3-c3ccccc3)c2c1. The van der Waals surface area contributed by atoms with Crippen molar-refractivity contribution in [3.05, 3.63) is 158 Å². The van der Waals surface area contributed by atoms with Gasteiger partial charge < -0.3 is 4.74 Å². The number of rotatable bonds is 3. The largest absolute Gasteiger partial charge is 0.456 e. The third-order valence-electron chi connectivity index (χ3n) is 8.82. The molecule has 0 atom stereocenters. The molecule has 1 heteroatoms. The van der Waals surface area contributed by atoms with Crippen molar-refractivity contribution in [3.63, 3.8) is 0 Å². The molecule has 0 radical (unpaired) electrons. The lowest BCUT2D eigenvalue weighted by molar-refractivity contribution is 0.487. The lowest BCUT2D eigenvalue weighted by Gasteiger charge is -2.24. The zero-order valence-electron chi connectivity index (χ0n) is 24.3. The summed E-state index contributed by atoms with van der Waals surface area (Å²) in [6.07, 6.45) is 0. The fourth-order valence-corrected chi connectivity index (χ4v) is 7.01. The monoisotopic (exact) mass is 547 g/mol. The van der Waals surface area contributed by atoms with Crippen LogP contribution in [0.3, 0.4) is 0 Å². The van der Waals surface area contributed by atoms with E-state index in [2.05, 4.69) is 127 Å². The number of para-hydroxylation sites is 1. The average Bonchev–Trinajstić information content (AvgIpc) is 3.08. The quantitative estimate of drug-likeness (QED) is 0.200. The van der Waals surface area contributed by atoms with E-state index >= 15 is 0 Å². The van der Waals surface area contributed by atoms with Crippen LogP contribution in [0.5, 0.6) is 11.5 Å². The Morgan fingerprint density at radius 1 is 0.349 bits per heavy atom. The van der Waals surface area contributed by atoms with Gasteiger partial charge >= 0.3 is 0 Å². The molecule has 0 bridgehead atoms. The first-order valence-corrected chi connectivity index (χ1v) is 14.7. The van der Waals surface area contributed by atoms with E-state index in [4.69, 9.17) is 6.11 Å². The molecule has 0 aliphatic carbocycles. The minimum Gasteiger partial charge on any atom is -0.456 e. The van der Waals surface area contributed by atoms with Gasteiger partial charge in [-0.15, -0.1) is 0 Å². The van der Waals surface area contributed by atoms with E-state index in [0.717, 1.165) is 49.7 Å². The minimum atomic E-state index is 0.499. The molecule has 1 aliphatic heterocycles. The Kier molecular flexibility index (Phi) is 5.04. The summed E-state index contributed by atoms with van der Waals surface area (Å²) in [5, 5.41) is 6.87. The number of hydrogen-bond acceptors (Lipinski definition) is 1. The van der Waals surface area contributed by atoms with Crippen LogP contribution in [0.25, 0.3) is 76.8 Å². The van der Waals surface area contributed by atoms with Crippen molar-refractivity contribution in [1.82, 2.24) is 0 Å². The van der Waals surface area contributed by atoms with E-state index in [1.54, 1.807) is 0 Å². The van der Waals surface area contributed by atoms with Crippen LogP contribution >= 0.6 is 0 Å². The zero-order chi connectivity index (χ0) is 29.2. The van der Waals surface area contributed by atoms with Gasteiger partial charge in [-0.25, -0.2) is 0 Å². The van der Waals surface area contributed by atoms with Crippen molar-refractivity contribution < 1.29 is 6.11 Å². The van der Waals surface area contributed by atoms with Gasteiger partial charge in [-0.3, -0.25) is 0 Å². The van der Waals surface area contributed by atoms with Crippen molar-refractivity contribution in [1.29, 1.82) is 0 Å². The standard InChI is InChI=1S/C42H26O/c1-2-13-27(14-3-1)28-15-4-5-17-30(28)40-32-18-6-8-20-34(32)41(35-21-9-7-19-33(35)40)37-25-26-39-42-31(22-12-23-36(37)42)29-16-10-11-24-38(29)43-39/h1-26H/i6D. The smallest absolute Gasteiger partial charge is 0.135 e. The van der Waals surface area contributed by atoms with Gasteiger partial charge in [-0.05, 0) is 84.1 Å². The Morgan fingerprint density at radius 2 is 0.930 bits per heavy atom. The predicted molar refractivity (Wildman–Crippen MR) is 181 cm³/mol. The van der Waals surface area contributed by atoms with Gasteiger partial charge in [-0.2, -0.15) is 0 Å². The van der Waals surface area contributed by atoms with E-state index in [-0.39, 0.29) is 0 Å². The van der Waals surface area contributed by atoms with Crippen LogP contribution in [0.4, 0.5) is 0 Å². The molecule has 200 valence electrons. The first-order valence-electron chi connectivity index (χ1n) is 15.2. The second kappa shape index (κ2) is 9.44. The molecule has 1 aliphatic rings. The van der Waals surface area contributed by atoms with Gasteiger partial charge in [0.15, 0.2) is 0 Å². The van der Waals surface area contributed by atoms with Gasteiger partial charge in [0.05, 0.1) is 1.37 Å². The summed E-state index contributed by atoms with van der Waals surface area (Å²) >= 11 is 0. The summed E-state index contributed by atoms with van der Waals surface area (Å²) in [6, 6.07) is 53.7. The highest BCUT2D eigenvalue weighted by atomic mass is 16.5. The Labute approximate surface area is 251 Å². The Hall–Kier alpha value is -5.66. The highest BCUT2D eigenvalue weighted by molar-refractivity contribution is 6.25. The maximum atomic E-state index is 8.71.